The molecule has 1 aromatic carbocycles. The van der Waals surface area contributed by atoms with Crippen LogP contribution in [0.25, 0.3) is 5.69 Å². The topological polar surface area (TPSA) is 67.2 Å². The minimum atomic E-state index is -0.664. The van der Waals surface area contributed by atoms with E-state index in [1.807, 2.05) is 42.8 Å². The van der Waals surface area contributed by atoms with Gasteiger partial charge in [-0.05, 0) is 63.3 Å². The number of hydrogen-bond donors (Lipinski definition) is 2. The first-order valence-corrected chi connectivity index (χ1v) is 9.51. The lowest BCUT2D eigenvalue weighted by molar-refractivity contribution is 0.0862. The van der Waals surface area contributed by atoms with Crippen molar-refractivity contribution in [2.24, 2.45) is 0 Å². The highest BCUT2D eigenvalue weighted by Gasteiger charge is 2.44. The zero-order chi connectivity index (χ0) is 17.8. The van der Waals surface area contributed by atoms with E-state index in [4.69, 9.17) is 5.10 Å². The number of halogens is 1. The van der Waals surface area contributed by atoms with E-state index in [1.165, 1.54) is 12.1 Å². The maximum Gasteiger partial charge on any atom is 0.272 e. The van der Waals surface area contributed by atoms with Crippen LogP contribution in [0.2, 0.25) is 0 Å². The van der Waals surface area contributed by atoms with Crippen molar-refractivity contribution in [3.63, 3.8) is 0 Å². The van der Waals surface area contributed by atoms with Crippen molar-refractivity contribution >= 4 is 21.8 Å². The Morgan fingerprint density at radius 2 is 2.00 bits per heavy atom. The van der Waals surface area contributed by atoms with E-state index in [1.54, 1.807) is 0 Å². The van der Waals surface area contributed by atoms with E-state index >= 15 is 0 Å². The van der Waals surface area contributed by atoms with Gasteiger partial charge in [-0.3, -0.25) is 4.79 Å². The smallest absolute Gasteiger partial charge is 0.272 e. The first-order valence-electron chi connectivity index (χ1n) is 8.72. The van der Waals surface area contributed by atoms with Crippen molar-refractivity contribution in [1.29, 1.82) is 0 Å². The van der Waals surface area contributed by atoms with Gasteiger partial charge in [0.2, 0.25) is 0 Å². The van der Waals surface area contributed by atoms with Crippen LogP contribution in [0.1, 0.15) is 66.7 Å². The quantitative estimate of drug-likeness (QED) is 0.820. The largest absolute Gasteiger partial charge is 0.394 e. The number of aliphatic hydroxyl groups excluding tert-OH is 1. The zero-order valence-electron chi connectivity index (χ0n) is 14.4. The van der Waals surface area contributed by atoms with Crippen LogP contribution in [0.4, 0.5) is 0 Å². The predicted molar refractivity (Wildman–Crippen MR) is 99.2 cm³/mol. The fraction of sp³-hybridized carbons (Fsp3) is 0.474. The third kappa shape index (κ3) is 2.81. The first kappa shape index (κ1) is 16.8. The Kier molecular flexibility index (Phi) is 4.00. The normalized spacial score (nSPS) is 21.4. The Labute approximate surface area is 155 Å². The summed E-state index contributed by atoms with van der Waals surface area (Å²) in [5, 5.41) is 17.1. The molecule has 132 valence electrons. The number of nitrogens with zero attached hydrogens (tertiary/aromatic N) is 2. The molecule has 1 fully saturated rings. The third-order valence-corrected chi connectivity index (χ3v) is 5.85. The fourth-order valence-electron chi connectivity index (χ4n) is 4.08. The van der Waals surface area contributed by atoms with Crippen LogP contribution >= 0.6 is 15.9 Å². The average Bonchev–Trinajstić information content (AvgIpc) is 3.27. The van der Waals surface area contributed by atoms with Gasteiger partial charge in [0.05, 0.1) is 23.5 Å². The van der Waals surface area contributed by atoms with Crippen molar-refractivity contribution < 1.29 is 9.90 Å². The maximum atomic E-state index is 12.8. The number of aromatic nitrogens is 2. The average molecular weight is 404 g/mol. The second kappa shape index (κ2) is 5.95. The molecule has 1 amide bonds. The number of benzene rings is 1. The van der Waals surface area contributed by atoms with Gasteiger partial charge in [0, 0.05) is 16.0 Å². The molecule has 0 aliphatic heterocycles. The van der Waals surface area contributed by atoms with Crippen molar-refractivity contribution in [3.8, 4) is 5.69 Å². The number of carbonyl (C=O) groups is 1. The van der Waals surface area contributed by atoms with E-state index in [-0.39, 0.29) is 12.5 Å². The lowest BCUT2D eigenvalue weighted by Gasteiger charge is -2.23. The second-order valence-electron chi connectivity index (χ2n) is 7.74. The summed E-state index contributed by atoms with van der Waals surface area (Å²) in [4.78, 5) is 12.8. The number of amides is 1. The Morgan fingerprint density at radius 3 is 2.68 bits per heavy atom. The summed E-state index contributed by atoms with van der Waals surface area (Å²) >= 11 is 3.46. The van der Waals surface area contributed by atoms with Gasteiger partial charge in [-0.2, -0.15) is 5.10 Å². The molecule has 2 aliphatic carbocycles. The van der Waals surface area contributed by atoms with E-state index in [9.17, 15) is 9.90 Å². The van der Waals surface area contributed by atoms with Crippen molar-refractivity contribution in [3.05, 3.63) is 45.7 Å². The molecule has 0 saturated heterocycles. The fourth-order valence-corrected chi connectivity index (χ4v) is 4.35. The molecule has 2 bridgehead atoms. The Hall–Kier alpha value is -1.66. The van der Waals surface area contributed by atoms with Gasteiger partial charge in [-0.1, -0.05) is 15.9 Å². The molecular weight excluding hydrogens is 382 g/mol. The molecule has 25 heavy (non-hydrogen) atoms. The molecule has 2 N–H and O–H groups in total. The molecule has 0 radical (unpaired) electrons. The van der Waals surface area contributed by atoms with Crippen LogP contribution in [0.3, 0.4) is 0 Å². The molecule has 1 aromatic heterocycles. The van der Waals surface area contributed by atoms with Gasteiger partial charge >= 0.3 is 0 Å². The number of aliphatic hydroxyl groups is 1. The van der Waals surface area contributed by atoms with E-state index in [0.29, 0.717) is 17.5 Å². The Balaban J connectivity index is 1.79. The standard InChI is InChI=1S/C19H22BrN3O2/c1-19(2,10-24)21-18(25)16-15-11-3-4-12(9-11)17(15)23(22-16)14-7-5-13(20)6-8-14/h5-8,11-12,24H,3-4,9-10H2,1-2H3,(H,21,25). The van der Waals surface area contributed by atoms with Crippen LogP contribution in [0.5, 0.6) is 0 Å². The molecule has 2 unspecified atom stereocenters. The van der Waals surface area contributed by atoms with Crippen LogP contribution < -0.4 is 5.32 Å². The van der Waals surface area contributed by atoms with Gasteiger partial charge in [-0.25, -0.2) is 4.68 Å². The first-order chi connectivity index (χ1) is 11.9. The summed E-state index contributed by atoms with van der Waals surface area (Å²) in [7, 11) is 0. The van der Waals surface area contributed by atoms with E-state index < -0.39 is 5.54 Å². The van der Waals surface area contributed by atoms with Crippen LogP contribution in [-0.4, -0.2) is 32.9 Å². The maximum absolute atomic E-state index is 12.8. The summed E-state index contributed by atoms with van der Waals surface area (Å²) in [5.41, 5.74) is 3.15. The number of hydrogen-bond acceptors (Lipinski definition) is 3. The summed E-state index contributed by atoms with van der Waals surface area (Å²) < 4.78 is 2.97. The molecule has 1 saturated carbocycles. The van der Waals surface area contributed by atoms with E-state index in [2.05, 4.69) is 21.2 Å². The molecule has 5 nitrogen and oxygen atoms in total. The summed E-state index contributed by atoms with van der Waals surface area (Å²) in [6.45, 7) is 3.51. The lowest BCUT2D eigenvalue weighted by Crippen LogP contribution is -2.46. The number of nitrogens with one attached hydrogen (secondary N) is 1. The SMILES string of the molecule is CC(C)(CO)NC(=O)c1nn(-c2ccc(Br)cc2)c2c1C1CCC2C1. The Morgan fingerprint density at radius 1 is 1.32 bits per heavy atom. The molecular formula is C19H22BrN3O2. The van der Waals surface area contributed by atoms with Gasteiger partial charge < -0.3 is 10.4 Å². The minimum absolute atomic E-state index is 0.111. The molecule has 2 atom stereocenters. The molecule has 1 heterocycles. The van der Waals surface area contributed by atoms with Crippen LogP contribution in [0, 0.1) is 0 Å². The lowest BCUT2D eigenvalue weighted by atomic mass is 9.94. The highest BCUT2D eigenvalue weighted by molar-refractivity contribution is 9.10. The summed E-state index contributed by atoms with van der Waals surface area (Å²) in [5.74, 6) is 0.726. The number of carbonyl (C=O) groups excluding carboxylic acids is 1. The van der Waals surface area contributed by atoms with Gasteiger partial charge in [0.25, 0.3) is 5.91 Å². The van der Waals surface area contributed by atoms with E-state index in [0.717, 1.165) is 28.6 Å². The van der Waals surface area contributed by atoms with Crippen molar-refractivity contribution in [2.75, 3.05) is 6.61 Å². The third-order valence-electron chi connectivity index (χ3n) is 5.32. The predicted octanol–water partition coefficient (Wildman–Crippen LogP) is 3.50. The highest BCUT2D eigenvalue weighted by atomic mass is 79.9. The second-order valence-corrected chi connectivity index (χ2v) is 8.65. The van der Waals surface area contributed by atoms with Crippen molar-refractivity contribution in [1.82, 2.24) is 15.1 Å². The summed E-state index contributed by atoms with van der Waals surface area (Å²) in [6, 6.07) is 8.02. The van der Waals surface area contributed by atoms with Crippen LogP contribution in [-0.2, 0) is 0 Å². The zero-order valence-corrected chi connectivity index (χ0v) is 16.0. The number of fused-ring (bicyclic) bond motifs is 5. The summed E-state index contributed by atoms with van der Waals surface area (Å²) in [6.07, 6.45) is 3.42. The highest BCUT2D eigenvalue weighted by Crippen LogP contribution is 2.54. The van der Waals surface area contributed by atoms with Crippen LogP contribution in [0.15, 0.2) is 28.7 Å². The minimum Gasteiger partial charge on any atom is -0.394 e. The molecule has 2 aliphatic rings. The molecule has 2 aromatic rings. The monoisotopic (exact) mass is 403 g/mol. The van der Waals surface area contributed by atoms with Gasteiger partial charge in [-0.15, -0.1) is 0 Å². The van der Waals surface area contributed by atoms with Gasteiger partial charge in [0.1, 0.15) is 0 Å². The van der Waals surface area contributed by atoms with Gasteiger partial charge in [0.15, 0.2) is 5.69 Å². The number of rotatable bonds is 4. The van der Waals surface area contributed by atoms with Crippen molar-refractivity contribution in [2.45, 2.75) is 50.5 Å². The molecule has 0 spiro atoms. The molecule has 6 heteroatoms. The molecule has 4 rings (SSSR count). The Bertz CT molecular complexity index is 826.